The van der Waals surface area contributed by atoms with Gasteiger partial charge < -0.3 is 10.6 Å². The van der Waals surface area contributed by atoms with Crippen LogP contribution in [0.25, 0.3) is 0 Å². The minimum atomic E-state index is -0.395. The Morgan fingerprint density at radius 3 is 2.86 bits per heavy atom. The summed E-state index contributed by atoms with van der Waals surface area (Å²) in [7, 11) is 3.64. The van der Waals surface area contributed by atoms with Crippen LogP contribution < -0.4 is 10.6 Å². The molecule has 22 heavy (non-hydrogen) atoms. The van der Waals surface area contributed by atoms with E-state index in [9.17, 15) is 4.79 Å². The third-order valence-corrected chi connectivity index (χ3v) is 4.26. The Kier molecular flexibility index (Phi) is 4.24. The van der Waals surface area contributed by atoms with Crippen LogP contribution in [-0.4, -0.2) is 22.7 Å². The molecule has 2 N–H and O–H groups in total. The molecule has 1 aromatic heterocycles. The average Bonchev–Trinajstić information content (AvgIpc) is 2.94. The number of aromatic nitrogens is 2. The van der Waals surface area contributed by atoms with Gasteiger partial charge in [0.1, 0.15) is 6.04 Å². The number of nitrogens with one attached hydrogen (secondary N) is 2. The van der Waals surface area contributed by atoms with Crippen LogP contribution in [0.15, 0.2) is 30.6 Å². The number of anilines is 1. The van der Waals surface area contributed by atoms with Crippen LogP contribution in [0.1, 0.15) is 35.6 Å². The minimum Gasteiger partial charge on any atom is -0.324 e. The summed E-state index contributed by atoms with van der Waals surface area (Å²) in [4.78, 5) is 12.6. The van der Waals surface area contributed by atoms with E-state index in [4.69, 9.17) is 0 Å². The molecule has 1 amide bonds. The molecule has 1 aromatic carbocycles. The normalized spacial score (nSPS) is 15.2. The molecule has 1 atom stereocenters. The van der Waals surface area contributed by atoms with Crippen LogP contribution in [0.3, 0.4) is 0 Å². The Labute approximate surface area is 130 Å². The second kappa shape index (κ2) is 6.32. The third kappa shape index (κ3) is 2.90. The second-order valence-corrected chi connectivity index (χ2v) is 5.81. The number of nitrogens with zero attached hydrogens (tertiary/aromatic N) is 2. The molecule has 116 valence electrons. The first-order valence-electron chi connectivity index (χ1n) is 7.76. The number of rotatable bonds is 4. The average molecular weight is 298 g/mol. The number of fused-ring (bicyclic) bond motifs is 1. The molecule has 0 aliphatic heterocycles. The van der Waals surface area contributed by atoms with Gasteiger partial charge in [0, 0.05) is 24.5 Å². The van der Waals surface area contributed by atoms with Crippen molar-refractivity contribution in [1.82, 2.24) is 15.1 Å². The number of likely N-dealkylation sites (N-methyl/N-ethyl adjacent to an activating group) is 1. The Morgan fingerprint density at radius 1 is 1.32 bits per heavy atom. The molecular weight excluding hydrogens is 276 g/mol. The van der Waals surface area contributed by atoms with E-state index >= 15 is 0 Å². The summed E-state index contributed by atoms with van der Waals surface area (Å²) in [6.07, 6.45) is 8.17. The van der Waals surface area contributed by atoms with Gasteiger partial charge in [-0.25, -0.2) is 0 Å². The maximum atomic E-state index is 12.6. The highest BCUT2D eigenvalue weighted by molar-refractivity contribution is 5.96. The van der Waals surface area contributed by atoms with Crippen LogP contribution in [0.5, 0.6) is 0 Å². The van der Waals surface area contributed by atoms with E-state index in [1.165, 1.54) is 24.0 Å². The molecule has 1 aliphatic carbocycles. The number of hydrogen-bond donors (Lipinski definition) is 2. The predicted octanol–water partition coefficient (Wildman–Crippen LogP) is 2.20. The quantitative estimate of drug-likeness (QED) is 0.910. The fraction of sp³-hybridized carbons (Fsp3) is 0.412. The van der Waals surface area contributed by atoms with Crippen molar-refractivity contribution in [1.29, 1.82) is 0 Å². The lowest BCUT2D eigenvalue weighted by molar-refractivity contribution is -0.118. The first-order valence-corrected chi connectivity index (χ1v) is 7.76. The number of amides is 1. The van der Waals surface area contributed by atoms with Crippen molar-refractivity contribution in [3.63, 3.8) is 0 Å². The summed E-state index contributed by atoms with van der Waals surface area (Å²) in [5, 5.41) is 10.3. The largest absolute Gasteiger partial charge is 0.324 e. The molecule has 1 unspecified atom stereocenters. The molecule has 5 nitrogen and oxygen atoms in total. The molecule has 5 heteroatoms. The first-order chi connectivity index (χ1) is 10.7. The van der Waals surface area contributed by atoms with Crippen LogP contribution in [0.4, 0.5) is 5.69 Å². The highest BCUT2D eigenvalue weighted by atomic mass is 16.2. The molecule has 0 spiro atoms. The van der Waals surface area contributed by atoms with E-state index in [1.54, 1.807) is 17.9 Å². The number of carbonyl (C=O) groups is 1. The topological polar surface area (TPSA) is 59.0 Å². The van der Waals surface area contributed by atoms with Gasteiger partial charge in [0.2, 0.25) is 5.91 Å². The maximum absolute atomic E-state index is 12.6. The zero-order valence-electron chi connectivity index (χ0n) is 13.1. The van der Waals surface area contributed by atoms with Gasteiger partial charge in [-0.05, 0) is 49.9 Å². The van der Waals surface area contributed by atoms with E-state index < -0.39 is 6.04 Å². The van der Waals surface area contributed by atoms with Gasteiger partial charge in [-0.15, -0.1) is 0 Å². The van der Waals surface area contributed by atoms with E-state index in [0.717, 1.165) is 24.1 Å². The Morgan fingerprint density at radius 2 is 2.14 bits per heavy atom. The molecule has 0 saturated carbocycles. The molecule has 2 aromatic rings. The zero-order valence-corrected chi connectivity index (χ0v) is 13.1. The molecule has 1 aliphatic rings. The van der Waals surface area contributed by atoms with Crippen LogP contribution in [-0.2, 0) is 24.7 Å². The van der Waals surface area contributed by atoms with Crippen molar-refractivity contribution in [3.05, 3.63) is 47.3 Å². The van der Waals surface area contributed by atoms with Crippen molar-refractivity contribution in [2.75, 3.05) is 12.4 Å². The highest BCUT2D eigenvalue weighted by Crippen LogP contribution is 2.28. The lowest BCUT2D eigenvalue weighted by atomic mass is 9.90. The molecule has 0 fully saturated rings. The number of carbonyl (C=O) groups excluding carboxylic acids is 1. The molecule has 0 bridgehead atoms. The van der Waals surface area contributed by atoms with Crippen molar-refractivity contribution in [2.45, 2.75) is 31.7 Å². The monoisotopic (exact) mass is 298 g/mol. The van der Waals surface area contributed by atoms with Gasteiger partial charge in [0.25, 0.3) is 0 Å². The van der Waals surface area contributed by atoms with Gasteiger partial charge in [-0.1, -0.05) is 12.1 Å². The predicted molar refractivity (Wildman–Crippen MR) is 86.7 cm³/mol. The number of aryl methyl sites for hydroxylation is 2. The van der Waals surface area contributed by atoms with Crippen molar-refractivity contribution < 1.29 is 4.79 Å². The third-order valence-electron chi connectivity index (χ3n) is 4.26. The summed E-state index contributed by atoms with van der Waals surface area (Å²) in [6.45, 7) is 0. The van der Waals surface area contributed by atoms with Crippen molar-refractivity contribution in [2.24, 2.45) is 7.05 Å². The summed E-state index contributed by atoms with van der Waals surface area (Å²) < 4.78 is 1.71. The van der Waals surface area contributed by atoms with Gasteiger partial charge in [0.15, 0.2) is 0 Å². The molecule has 1 heterocycles. The van der Waals surface area contributed by atoms with Gasteiger partial charge in [-0.3, -0.25) is 9.48 Å². The van der Waals surface area contributed by atoms with Crippen molar-refractivity contribution in [3.8, 4) is 0 Å². The lowest BCUT2D eigenvalue weighted by Gasteiger charge is -2.21. The Bertz CT molecular complexity index is 677. The lowest BCUT2D eigenvalue weighted by Crippen LogP contribution is -2.31. The summed E-state index contributed by atoms with van der Waals surface area (Å²) >= 11 is 0. The Hall–Kier alpha value is -2.14. The SMILES string of the molecule is CNC(C(=O)Nc1cccc2c1CCCC2)c1cnn(C)c1. The minimum absolute atomic E-state index is 0.0468. The molecule has 0 saturated heterocycles. The van der Waals surface area contributed by atoms with E-state index in [-0.39, 0.29) is 5.91 Å². The van der Waals surface area contributed by atoms with Crippen molar-refractivity contribution >= 4 is 11.6 Å². The zero-order chi connectivity index (χ0) is 15.5. The maximum Gasteiger partial charge on any atom is 0.246 e. The van der Waals surface area contributed by atoms with Gasteiger partial charge >= 0.3 is 0 Å². The fourth-order valence-electron chi connectivity index (χ4n) is 3.14. The van der Waals surface area contributed by atoms with E-state index in [2.05, 4.69) is 21.8 Å². The standard InChI is InChI=1S/C17H22N4O/c1-18-16(13-10-19-21(2)11-13)17(22)20-15-9-5-7-12-6-3-4-8-14(12)15/h5,7,9-11,16,18H,3-4,6,8H2,1-2H3,(H,20,22). The van der Waals surface area contributed by atoms with E-state index in [0.29, 0.717) is 0 Å². The van der Waals surface area contributed by atoms with Crippen LogP contribution >= 0.6 is 0 Å². The summed E-state index contributed by atoms with van der Waals surface area (Å²) in [5.41, 5.74) is 4.48. The smallest absolute Gasteiger partial charge is 0.246 e. The highest BCUT2D eigenvalue weighted by Gasteiger charge is 2.22. The van der Waals surface area contributed by atoms with Gasteiger partial charge in [0.05, 0.1) is 6.20 Å². The summed E-state index contributed by atoms with van der Waals surface area (Å²) in [6, 6.07) is 5.80. The number of benzene rings is 1. The molecule has 3 rings (SSSR count). The second-order valence-electron chi connectivity index (χ2n) is 5.81. The van der Waals surface area contributed by atoms with Crippen LogP contribution in [0.2, 0.25) is 0 Å². The molecule has 0 radical (unpaired) electrons. The first kappa shape index (κ1) is 14.8. The fourth-order valence-corrected chi connectivity index (χ4v) is 3.14. The number of hydrogen-bond acceptors (Lipinski definition) is 3. The Balaban J connectivity index is 1.81. The van der Waals surface area contributed by atoms with E-state index in [1.807, 2.05) is 25.4 Å². The molecular formula is C17H22N4O. The van der Waals surface area contributed by atoms with Gasteiger partial charge in [-0.2, -0.15) is 5.10 Å². The van der Waals surface area contributed by atoms with Crippen LogP contribution in [0, 0.1) is 0 Å². The summed E-state index contributed by atoms with van der Waals surface area (Å²) in [5.74, 6) is -0.0468.